The summed E-state index contributed by atoms with van der Waals surface area (Å²) in [5.74, 6) is 2.90. The first kappa shape index (κ1) is 13.4. The van der Waals surface area contributed by atoms with Gasteiger partial charge in [0.2, 0.25) is 5.91 Å². The molecule has 108 valence electrons. The van der Waals surface area contributed by atoms with Gasteiger partial charge < -0.3 is 4.90 Å². The molecule has 1 aliphatic heterocycles. The zero-order valence-electron chi connectivity index (χ0n) is 12.8. The van der Waals surface area contributed by atoms with Crippen LogP contribution in [0.1, 0.15) is 59.8 Å². The first-order valence-corrected chi connectivity index (χ1v) is 8.06. The average Bonchev–Trinajstić information content (AvgIpc) is 3.04. The van der Waals surface area contributed by atoms with Crippen LogP contribution >= 0.6 is 0 Å². The molecule has 3 rings (SSSR count). The van der Waals surface area contributed by atoms with Gasteiger partial charge in [0.05, 0.1) is 11.7 Å². The van der Waals surface area contributed by atoms with E-state index < -0.39 is 0 Å². The Morgan fingerprint density at radius 3 is 2.63 bits per heavy atom. The summed E-state index contributed by atoms with van der Waals surface area (Å²) in [6.07, 6.45) is 6.66. The van der Waals surface area contributed by atoms with E-state index in [1.54, 1.807) is 0 Å². The van der Waals surface area contributed by atoms with Crippen LogP contribution in [0.25, 0.3) is 0 Å². The number of carbonyl (C=O) groups is 1. The largest absolute Gasteiger partial charge is 0.323 e. The second-order valence-electron chi connectivity index (χ2n) is 7.30. The Morgan fingerprint density at radius 1 is 1.42 bits per heavy atom. The lowest BCUT2D eigenvalue weighted by Gasteiger charge is -2.36. The van der Waals surface area contributed by atoms with Crippen molar-refractivity contribution >= 4 is 5.91 Å². The second kappa shape index (κ2) is 4.47. The van der Waals surface area contributed by atoms with Gasteiger partial charge in [-0.05, 0) is 64.2 Å². The third-order valence-electron chi connectivity index (χ3n) is 6.21. The van der Waals surface area contributed by atoms with Crippen LogP contribution in [0, 0.1) is 17.8 Å². The van der Waals surface area contributed by atoms with Crippen LogP contribution in [0.3, 0.4) is 0 Å². The highest BCUT2D eigenvalue weighted by atomic mass is 16.2. The van der Waals surface area contributed by atoms with Crippen molar-refractivity contribution in [3.63, 3.8) is 0 Å². The molecule has 2 aliphatic carbocycles. The zero-order valence-corrected chi connectivity index (χ0v) is 12.8. The summed E-state index contributed by atoms with van der Waals surface area (Å²) in [6, 6.07) is 0.402. The van der Waals surface area contributed by atoms with Gasteiger partial charge in [-0.2, -0.15) is 0 Å². The molecule has 1 N–H and O–H groups in total. The van der Waals surface area contributed by atoms with Gasteiger partial charge in [-0.15, -0.1) is 0 Å². The Balaban J connectivity index is 1.77. The van der Waals surface area contributed by atoms with Gasteiger partial charge in [0.25, 0.3) is 0 Å². The normalized spacial score (nSPS) is 47.2. The Morgan fingerprint density at radius 2 is 2.16 bits per heavy atom. The fourth-order valence-electron chi connectivity index (χ4n) is 4.94. The van der Waals surface area contributed by atoms with Crippen LogP contribution in [0.15, 0.2) is 0 Å². The van der Waals surface area contributed by atoms with E-state index in [0.717, 1.165) is 24.2 Å². The van der Waals surface area contributed by atoms with E-state index in [9.17, 15) is 4.79 Å². The van der Waals surface area contributed by atoms with E-state index in [4.69, 9.17) is 0 Å². The molecule has 3 nitrogen and oxygen atoms in total. The molecule has 0 radical (unpaired) electrons. The molecule has 3 heteroatoms. The predicted molar refractivity (Wildman–Crippen MR) is 76.5 cm³/mol. The Labute approximate surface area is 117 Å². The molecule has 6 atom stereocenters. The maximum atomic E-state index is 12.7. The van der Waals surface area contributed by atoms with Crippen molar-refractivity contribution in [2.75, 3.05) is 0 Å². The van der Waals surface area contributed by atoms with Crippen LogP contribution in [-0.4, -0.2) is 28.6 Å². The summed E-state index contributed by atoms with van der Waals surface area (Å²) in [7, 11) is 0. The number of carbonyl (C=O) groups excluding carboxylic acids is 1. The standard InChI is InChI=1S/C16H28N2O/c1-5-16(4)15(19)18(11(3)17-16)10(2)14-9-12-6-7-13(14)8-12/h10-14,17H,5-9H2,1-4H3. The van der Waals surface area contributed by atoms with Crippen LogP contribution in [0.4, 0.5) is 0 Å². The molecule has 3 fully saturated rings. The number of fused-ring (bicyclic) bond motifs is 2. The smallest absolute Gasteiger partial charge is 0.244 e. The number of hydrogen-bond acceptors (Lipinski definition) is 2. The molecule has 1 saturated heterocycles. The summed E-state index contributed by atoms with van der Waals surface area (Å²) in [5, 5.41) is 3.50. The molecule has 1 amide bonds. The van der Waals surface area contributed by atoms with Crippen molar-refractivity contribution in [1.82, 2.24) is 10.2 Å². The predicted octanol–water partition coefficient (Wildman–Crippen LogP) is 2.76. The van der Waals surface area contributed by atoms with E-state index >= 15 is 0 Å². The van der Waals surface area contributed by atoms with Gasteiger partial charge in [-0.25, -0.2) is 0 Å². The van der Waals surface area contributed by atoms with Crippen molar-refractivity contribution in [1.29, 1.82) is 0 Å². The van der Waals surface area contributed by atoms with E-state index in [2.05, 4.69) is 37.9 Å². The molecule has 0 aromatic heterocycles. The minimum absolute atomic E-state index is 0.187. The molecule has 3 aliphatic rings. The lowest BCUT2D eigenvalue weighted by molar-refractivity contribution is -0.136. The molecule has 19 heavy (non-hydrogen) atoms. The first-order valence-electron chi connectivity index (χ1n) is 8.06. The van der Waals surface area contributed by atoms with Gasteiger partial charge in [0, 0.05) is 6.04 Å². The average molecular weight is 264 g/mol. The Kier molecular flexibility index (Phi) is 3.16. The van der Waals surface area contributed by atoms with E-state index in [1.807, 2.05) is 0 Å². The van der Waals surface area contributed by atoms with Gasteiger partial charge >= 0.3 is 0 Å². The first-order chi connectivity index (χ1) is 8.96. The van der Waals surface area contributed by atoms with E-state index in [0.29, 0.717) is 11.9 Å². The molecule has 0 spiro atoms. The summed E-state index contributed by atoms with van der Waals surface area (Å²) in [4.78, 5) is 14.9. The van der Waals surface area contributed by atoms with Crippen molar-refractivity contribution in [3.05, 3.63) is 0 Å². The number of hydrogen-bond donors (Lipinski definition) is 1. The topological polar surface area (TPSA) is 32.3 Å². The summed E-state index contributed by atoms with van der Waals surface area (Å²) >= 11 is 0. The molecule has 0 aromatic rings. The minimum Gasteiger partial charge on any atom is -0.323 e. The highest BCUT2D eigenvalue weighted by Gasteiger charge is 2.51. The van der Waals surface area contributed by atoms with Crippen molar-refractivity contribution < 1.29 is 4.79 Å². The molecule has 6 unspecified atom stereocenters. The summed E-state index contributed by atoms with van der Waals surface area (Å²) in [5.41, 5.74) is -0.342. The van der Waals surface area contributed by atoms with Crippen molar-refractivity contribution in [2.24, 2.45) is 17.8 Å². The summed E-state index contributed by atoms with van der Waals surface area (Å²) < 4.78 is 0. The van der Waals surface area contributed by atoms with Gasteiger partial charge in [-0.3, -0.25) is 10.1 Å². The fourth-order valence-corrected chi connectivity index (χ4v) is 4.94. The number of rotatable bonds is 3. The summed E-state index contributed by atoms with van der Waals surface area (Å²) in [6.45, 7) is 8.58. The monoisotopic (exact) mass is 264 g/mol. The highest BCUT2D eigenvalue weighted by molar-refractivity contribution is 5.88. The molecule has 1 heterocycles. The fraction of sp³-hybridized carbons (Fsp3) is 0.938. The third-order valence-corrected chi connectivity index (χ3v) is 6.21. The van der Waals surface area contributed by atoms with Gasteiger partial charge in [0.15, 0.2) is 0 Å². The molecule has 2 saturated carbocycles. The molecule has 0 aromatic carbocycles. The van der Waals surface area contributed by atoms with Gasteiger partial charge in [-0.1, -0.05) is 13.3 Å². The van der Waals surface area contributed by atoms with Crippen LogP contribution in [0.5, 0.6) is 0 Å². The highest BCUT2D eigenvalue weighted by Crippen LogP contribution is 2.50. The van der Waals surface area contributed by atoms with Crippen LogP contribution in [0.2, 0.25) is 0 Å². The molecule has 2 bridgehead atoms. The second-order valence-corrected chi connectivity index (χ2v) is 7.30. The maximum absolute atomic E-state index is 12.7. The molecular formula is C16H28N2O. The van der Waals surface area contributed by atoms with Crippen molar-refractivity contribution in [2.45, 2.75) is 77.5 Å². The SMILES string of the molecule is CCC1(C)NC(C)N(C(C)C2CC3CCC2C3)C1=O. The zero-order chi connectivity index (χ0) is 13.8. The van der Waals surface area contributed by atoms with Crippen LogP contribution in [-0.2, 0) is 4.79 Å². The lowest BCUT2D eigenvalue weighted by atomic mass is 9.83. The Bertz CT molecular complexity index is 383. The number of nitrogens with one attached hydrogen (secondary N) is 1. The third kappa shape index (κ3) is 1.93. The lowest BCUT2D eigenvalue weighted by Crippen LogP contribution is -2.47. The van der Waals surface area contributed by atoms with Crippen LogP contribution < -0.4 is 5.32 Å². The van der Waals surface area contributed by atoms with Gasteiger partial charge in [0.1, 0.15) is 0 Å². The minimum atomic E-state index is -0.342. The number of amides is 1. The van der Waals surface area contributed by atoms with E-state index in [-0.39, 0.29) is 11.7 Å². The van der Waals surface area contributed by atoms with Crippen molar-refractivity contribution in [3.8, 4) is 0 Å². The maximum Gasteiger partial charge on any atom is 0.244 e. The Hall–Kier alpha value is -0.570. The quantitative estimate of drug-likeness (QED) is 0.850. The number of nitrogens with zero attached hydrogens (tertiary/aromatic N) is 1. The van der Waals surface area contributed by atoms with E-state index in [1.165, 1.54) is 25.7 Å². The molecular weight excluding hydrogens is 236 g/mol.